The van der Waals surface area contributed by atoms with Crippen molar-refractivity contribution < 1.29 is 28.6 Å². The Morgan fingerprint density at radius 1 is 0.276 bits per heavy atom. The summed E-state index contributed by atoms with van der Waals surface area (Å²) in [7, 11) is 0. The van der Waals surface area contributed by atoms with Crippen molar-refractivity contribution in [2.45, 2.75) is 316 Å². The van der Waals surface area contributed by atoms with Crippen molar-refractivity contribution in [2.24, 2.45) is 0 Å². The number of hydrogen-bond acceptors (Lipinski definition) is 6. The van der Waals surface area contributed by atoms with E-state index >= 15 is 0 Å². The average molecular weight is 1060 g/mol. The Hall–Kier alpha value is -3.67. The Morgan fingerprint density at radius 3 is 0.803 bits per heavy atom. The van der Waals surface area contributed by atoms with Crippen LogP contribution in [0.5, 0.6) is 0 Å². The molecule has 0 aromatic carbocycles. The molecule has 0 N–H and O–H groups in total. The number of rotatable bonds is 58. The molecule has 0 bridgehead atoms. The summed E-state index contributed by atoms with van der Waals surface area (Å²) in [6.45, 7) is 6.41. The second-order valence-electron chi connectivity index (χ2n) is 21.3. The zero-order valence-corrected chi connectivity index (χ0v) is 50.0. The van der Waals surface area contributed by atoms with Crippen LogP contribution in [0.4, 0.5) is 0 Å². The number of hydrogen-bond donors (Lipinski definition) is 0. The maximum Gasteiger partial charge on any atom is 0.306 e. The average Bonchev–Trinajstić information content (AvgIpc) is 3.42. The standard InChI is InChI=1S/C70H120O6/c1-4-7-10-13-16-19-22-24-26-27-28-29-30-31-32-33-34-35-36-37-38-39-40-41-42-43-45-46-48-51-54-57-60-63-69(72)75-66-67(65-74-68(71)62-59-56-53-50-21-18-15-12-9-6-3)76-70(73)64-61-58-55-52-49-47-44-25-23-20-17-14-11-8-5-2/h7-8,10-11,16-17,19-20,24-26,28-29,31-32,44,67H,4-6,9,12-15,18,21-23,27,30,33-43,45-66H2,1-3H3/b10-7-,11-8-,19-16-,20-17-,26-24-,29-28-,32-31-,44-25-. The molecular formula is C70H120O6. The number of allylic oxidation sites excluding steroid dienone is 16. The minimum atomic E-state index is -0.783. The van der Waals surface area contributed by atoms with E-state index in [0.29, 0.717) is 19.3 Å². The first kappa shape index (κ1) is 72.3. The highest BCUT2D eigenvalue weighted by atomic mass is 16.6. The summed E-state index contributed by atoms with van der Waals surface area (Å²) in [6, 6.07) is 0. The molecule has 0 aromatic rings. The molecule has 1 atom stereocenters. The van der Waals surface area contributed by atoms with E-state index in [-0.39, 0.29) is 31.1 Å². The largest absolute Gasteiger partial charge is 0.462 e. The maximum atomic E-state index is 12.8. The van der Waals surface area contributed by atoms with E-state index in [9.17, 15) is 14.4 Å². The van der Waals surface area contributed by atoms with Gasteiger partial charge in [-0.2, -0.15) is 0 Å². The smallest absolute Gasteiger partial charge is 0.306 e. The number of ether oxygens (including phenoxy) is 3. The molecule has 0 saturated heterocycles. The monoisotopic (exact) mass is 1060 g/mol. The van der Waals surface area contributed by atoms with Crippen LogP contribution in [0.25, 0.3) is 0 Å². The molecule has 0 aliphatic rings. The van der Waals surface area contributed by atoms with Gasteiger partial charge in [0, 0.05) is 19.3 Å². The number of carbonyl (C=O) groups is 3. The van der Waals surface area contributed by atoms with Crippen LogP contribution < -0.4 is 0 Å². The number of unbranched alkanes of at least 4 members (excludes halogenated alkanes) is 31. The molecule has 0 heterocycles. The van der Waals surface area contributed by atoms with E-state index in [4.69, 9.17) is 14.2 Å². The zero-order chi connectivity index (χ0) is 55.0. The highest BCUT2D eigenvalue weighted by Crippen LogP contribution is 2.17. The molecule has 0 saturated carbocycles. The quantitative estimate of drug-likeness (QED) is 0.0261. The highest BCUT2D eigenvalue weighted by molar-refractivity contribution is 5.71. The molecule has 0 spiro atoms. The fourth-order valence-electron chi connectivity index (χ4n) is 9.07. The molecule has 0 aliphatic carbocycles. The van der Waals surface area contributed by atoms with Crippen LogP contribution in [0.15, 0.2) is 97.2 Å². The van der Waals surface area contributed by atoms with Crippen LogP contribution in [0, 0.1) is 0 Å². The highest BCUT2D eigenvalue weighted by Gasteiger charge is 2.19. The number of esters is 3. The lowest BCUT2D eigenvalue weighted by atomic mass is 10.0. The fraction of sp³-hybridized carbons (Fsp3) is 0.729. The molecule has 1 unspecified atom stereocenters. The summed E-state index contributed by atoms with van der Waals surface area (Å²) in [5.74, 6) is -0.888. The molecule has 0 aliphatic heterocycles. The summed E-state index contributed by atoms with van der Waals surface area (Å²) in [4.78, 5) is 38.2. The van der Waals surface area contributed by atoms with Gasteiger partial charge in [-0.1, -0.05) is 291 Å². The van der Waals surface area contributed by atoms with Gasteiger partial charge in [0.05, 0.1) is 0 Å². The molecule has 0 radical (unpaired) electrons. The third kappa shape index (κ3) is 61.2. The lowest BCUT2D eigenvalue weighted by molar-refractivity contribution is -0.167. The van der Waals surface area contributed by atoms with Crippen LogP contribution in [-0.4, -0.2) is 37.2 Å². The van der Waals surface area contributed by atoms with Gasteiger partial charge in [0.1, 0.15) is 13.2 Å². The van der Waals surface area contributed by atoms with Crippen LogP contribution in [0.1, 0.15) is 310 Å². The Kier molecular flexibility index (Phi) is 60.8. The second kappa shape index (κ2) is 63.9. The van der Waals surface area contributed by atoms with Crippen molar-refractivity contribution in [3.63, 3.8) is 0 Å². The van der Waals surface area contributed by atoms with Crippen molar-refractivity contribution >= 4 is 17.9 Å². The van der Waals surface area contributed by atoms with E-state index < -0.39 is 6.10 Å². The molecule has 6 heteroatoms. The van der Waals surface area contributed by atoms with Gasteiger partial charge in [-0.15, -0.1) is 0 Å². The van der Waals surface area contributed by atoms with Crippen molar-refractivity contribution in [2.75, 3.05) is 13.2 Å². The van der Waals surface area contributed by atoms with E-state index in [1.807, 2.05) is 0 Å². The van der Waals surface area contributed by atoms with Crippen molar-refractivity contribution in [3.05, 3.63) is 97.2 Å². The molecule has 436 valence electrons. The summed E-state index contributed by atoms with van der Waals surface area (Å²) >= 11 is 0. The van der Waals surface area contributed by atoms with Gasteiger partial charge in [-0.05, 0) is 96.3 Å². The first-order chi connectivity index (χ1) is 37.5. The molecule has 0 fully saturated rings. The summed E-state index contributed by atoms with van der Waals surface area (Å²) < 4.78 is 16.9. The third-order valence-electron chi connectivity index (χ3n) is 13.8. The summed E-state index contributed by atoms with van der Waals surface area (Å²) in [6.07, 6.45) is 85.8. The molecule has 0 rings (SSSR count). The van der Waals surface area contributed by atoms with Gasteiger partial charge in [-0.25, -0.2) is 0 Å². The fourth-order valence-corrected chi connectivity index (χ4v) is 9.07. The van der Waals surface area contributed by atoms with Crippen LogP contribution in [0.2, 0.25) is 0 Å². The van der Waals surface area contributed by atoms with Gasteiger partial charge in [0.2, 0.25) is 0 Å². The van der Waals surface area contributed by atoms with Gasteiger partial charge in [0.15, 0.2) is 6.10 Å². The minimum absolute atomic E-state index is 0.0802. The first-order valence-electron chi connectivity index (χ1n) is 32.2. The van der Waals surface area contributed by atoms with Crippen LogP contribution in [-0.2, 0) is 28.6 Å². The topological polar surface area (TPSA) is 78.9 Å². The van der Waals surface area contributed by atoms with Crippen LogP contribution >= 0.6 is 0 Å². The van der Waals surface area contributed by atoms with Gasteiger partial charge in [0.25, 0.3) is 0 Å². The first-order valence-corrected chi connectivity index (χ1v) is 32.2. The molecule has 6 nitrogen and oxygen atoms in total. The Morgan fingerprint density at radius 2 is 0.513 bits per heavy atom. The van der Waals surface area contributed by atoms with Gasteiger partial charge < -0.3 is 14.2 Å². The van der Waals surface area contributed by atoms with E-state index in [2.05, 4.69) is 118 Å². The summed E-state index contributed by atoms with van der Waals surface area (Å²) in [5.41, 5.74) is 0. The van der Waals surface area contributed by atoms with Crippen molar-refractivity contribution in [1.82, 2.24) is 0 Å². The van der Waals surface area contributed by atoms with Gasteiger partial charge >= 0.3 is 17.9 Å². The van der Waals surface area contributed by atoms with E-state index in [1.54, 1.807) is 0 Å². The molecule has 0 amide bonds. The Labute approximate surface area is 470 Å². The Balaban J connectivity index is 4.10. The second-order valence-corrected chi connectivity index (χ2v) is 21.3. The van der Waals surface area contributed by atoms with Crippen LogP contribution in [0.3, 0.4) is 0 Å². The number of carbonyl (C=O) groups excluding carboxylic acids is 3. The Bertz CT molecular complexity index is 1490. The van der Waals surface area contributed by atoms with E-state index in [1.165, 1.54) is 141 Å². The van der Waals surface area contributed by atoms with Crippen molar-refractivity contribution in [1.29, 1.82) is 0 Å². The van der Waals surface area contributed by atoms with E-state index in [0.717, 1.165) is 128 Å². The zero-order valence-electron chi connectivity index (χ0n) is 50.0. The predicted octanol–water partition coefficient (Wildman–Crippen LogP) is 22.0. The molecule has 76 heavy (non-hydrogen) atoms. The molecular weight excluding hydrogens is 937 g/mol. The minimum Gasteiger partial charge on any atom is -0.462 e. The van der Waals surface area contributed by atoms with Gasteiger partial charge in [-0.3, -0.25) is 14.4 Å². The lowest BCUT2D eigenvalue weighted by Crippen LogP contribution is -2.30. The predicted molar refractivity (Wildman–Crippen MR) is 330 cm³/mol. The lowest BCUT2D eigenvalue weighted by Gasteiger charge is -2.18. The SMILES string of the molecule is CC/C=C\C/C=C\C/C=C\C/C=C\C/C=C\CCCCCCCCCCCCCCCCCCCC(=O)OCC(COC(=O)CCCCCCCCCCCC)OC(=O)CCCCCCC/C=C\C/C=C\C/C=C\CC. The van der Waals surface area contributed by atoms with Crippen molar-refractivity contribution in [3.8, 4) is 0 Å². The maximum absolute atomic E-state index is 12.8. The summed E-state index contributed by atoms with van der Waals surface area (Å²) in [5, 5.41) is 0. The normalized spacial score (nSPS) is 12.7. The molecule has 0 aromatic heterocycles. The third-order valence-corrected chi connectivity index (χ3v) is 13.8.